The van der Waals surface area contributed by atoms with Crippen molar-refractivity contribution < 1.29 is 9.34 Å². The van der Waals surface area contributed by atoms with Crippen molar-refractivity contribution in [2.24, 2.45) is 0 Å². The zero-order chi connectivity index (χ0) is 13.1. The minimum Gasteiger partial charge on any atom is -0.448 e. The molecule has 0 aliphatic rings. The predicted octanol–water partition coefficient (Wildman–Crippen LogP) is 4.36. The molecular formula is C12H9Cl2NO3. The quantitative estimate of drug-likeness (QED) is 0.476. The zero-order valence-corrected chi connectivity index (χ0v) is 10.7. The molecule has 2 rings (SSSR count). The molecule has 1 heterocycles. The van der Waals surface area contributed by atoms with E-state index in [9.17, 15) is 10.1 Å². The fourth-order valence-corrected chi connectivity index (χ4v) is 2.01. The Bertz CT molecular complexity index is 551. The first-order chi connectivity index (χ1) is 8.56. The molecule has 1 aromatic heterocycles. The Balaban J connectivity index is 2.07. The summed E-state index contributed by atoms with van der Waals surface area (Å²) >= 11 is 11.8. The molecule has 1 unspecified atom stereocenters. The van der Waals surface area contributed by atoms with Gasteiger partial charge in [-0.25, -0.2) is 0 Å². The molecular weight excluding hydrogens is 277 g/mol. The summed E-state index contributed by atoms with van der Waals surface area (Å²) in [4.78, 5) is 10.1. The van der Waals surface area contributed by atoms with E-state index in [4.69, 9.17) is 27.6 Å². The van der Waals surface area contributed by atoms with Crippen molar-refractivity contribution in [1.29, 1.82) is 0 Å². The molecule has 1 aromatic carbocycles. The number of non-ortho nitro benzene ring substituents is 1. The van der Waals surface area contributed by atoms with Gasteiger partial charge in [0, 0.05) is 12.1 Å². The van der Waals surface area contributed by atoms with Gasteiger partial charge in [-0.05, 0) is 35.7 Å². The van der Waals surface area contributed by atoms with Gasteiger partial charge < -0.3 is 4.42 Å². The number of alkyl halides is 1. The average Bonchev–Trinajstić information content (AvgIpc) is 2.76. The average molecular weight is 286 g/mol. The van der Waals surface area contributed by atoms with E-state index in [1.165, 1.54) is 12.1 Å². The molecule has 1 atom stereocenters. The van der Waals surface area contributed by atoms with Gasteiger partial charge in [-0.3, -0.25) is 10.1 Å². The van der Waals surface area contributed by atoms with Crippen molar-refractivity contribution in [2.75, 3.05) is 0 Å². The minimum absolute atomic E-state index is 0.0610. The van der Waals surface area contributed by atoms with Gasteiger partial charge in [0.05, 0.1) is 10.3 Å². The SMILES string of the molecule is O=[N+]([O-])c1ccc(CC(Cl)c2ccc(Cl)o2)cc1. The zero-order valence-electron chi connectivity index (χ0n) is 9.18. The fraction of sp³-hybridized carbons (Fsp3) is 0.167. The highest BCUT2D eigenvalue weighted by molar-refractivity contribution is 6.29. The number of hydrogen-bond donors (Lipinski definition) is 0. The first-order valence-corrected chi connectivity index (χ1v) is 6.00. The van der Waals surface area contributed by atoms with Crippen LogP contribution in [0.1, 0.15) is 16.7 Å². The number of hydrogen-bond acceptors (Lipinski definition) is 3. The topological polar surface area (TPSA) is 56.3 Å². The Labute approximate surface area is 113 Å². The van der Waals surface area contributed by atoms with E-state index in [2.05, 4.69) is 0 Å². The molecule has 18 heavy (non-hydrogen) atoms. The number of nitro benzene ring substituents is 1. The summed E-state index contributed by atoms with van der Waals surface area (Å²) in [5.41, 5.74) is 0.957. The van der Waals surface area contributed by atoms with Gasteiger partial charge in [0.15, 0.2) is 5.22 Å². The summed E-state index contributed by atoms with van der Waals surface area (Å²) < 4.78 is 5.20. The van der Waals surface area contributed by atoms with Gasteiger partial charge in [-0.1, -0.05) is 12.1 Å². The van der Waals surface area contributed by atoms with E-state index in [0.717, 1.165) is 5.56 Å². The van der Waals surface area contributed by atoms with Crippen molar-refractivity contribution in [3.63, 3.8) is 0 Å². The number of halogens is 2. The van der Waals surface area contributed by atoms with E-state index in [1.54, 1.807) is 24.3 Å². The molecule has 4 nitrogen and oxygen atoms in total. The van der Waals surface area contributed by atoms with Crippen LogP contribution in [0.4, 0.5) is 5.69 Å². The molecule has 0 N–H and O–H groups in total. The van der Waals surface area contributed by atoms with Gasteiger partial charge >= 0.3 is 0 Å². The van der Waals surface area contributed by atoms with Crippen LogP contribution >= 0.6 is 23.2 Å². The molecule has 0 saturated carbocycles. The molecule has 0 saturated heterocycles. The third-order valence-corrected chi connectivity index (χ3v) is 3.04. The van der Waals surface area contributed by atoms with Crippen molar-refractivity contribution in [2.45, 2.75) is 11.8 Å². The first kappa shape index (κ1) is 12.9. The van der Waals surface area contributed by atoms with E-state index in [0.29, 0.717) is 17.4 Å². The van der Waals surface area contributed by atoms with Crippen LogP contribution < -0.4 is 0 Å². The highest BCUT2D eigenvalue weighted by Crippen LogP contribution is 2.28. The Kier molecular flexibility index (Phi) is 3.89. The van der Waals surface area contributed by atoms with Crippen LogP contribution in [0.3, 0.4) is 0 Å². The van der Waals surface area contributed by atoms with Gasteiger partial charge in [0.1, 0.15) is 5.76 Å². The second kappa shape index (κ2) is 5.42. The number of rotatable bonds is 4. The van der Waals surface area contributed by atoms with Crippen LogP contribution in [-0.2, 0) is 6.42 Å². The highest BCUT2D eigenvalue weighted by atomic mass is 35.5. The summed E-state index contributed by atoms with van der Waals surface area (Å²) in [6.45, 7) is 0. The Morgan fingerprint density at radius 1 is 1.22 bits per heavy atom. The van der Waals surface area contributed by atoms with Crippen LogP contribution in [0, 0.1) is 10.1 Å². The molecule has 2 aromatic rings. The molecule has 0 fully saturated rings. The van der Waals surface area contributed by atoms with E-state index in [1.807, 2.05) is 0 Å². The normalized spacial score (nSPS) is 12.3. The largest absolute Gasteiger partial charge is 0.448 e. The second-order valence-corrected chi connectivity index (χ2v) is 4.64. The number of benzene rings is 1. The Hall–Kier alpha value is -1.52. The number of furan rings is 1. The molecule has 0 aliphatic heterocycles. The van der Waals surface area contributed by atoms with E-state index < -0.39 is 4.92 Å². The van der Waals surface area contributed by atoms with E-state index >= 15 is 0 Å². The summed E-state index contributed by atoms with van der Waals surface area (Å²) in [5, 5.41) is 10.5. The Morgan fingerprint density at radius 3 is 2.39 bits per heavy atom. The number of nitro groups is 1. The van der Waals surface area contributed by atoms with Crippen LogP contribution in [0.5, 0.6) is 0 Å². The van der Waals surface area contributed by atoms with Crippen LogP contribution in [0.15, 0.2) is 40.8 Å². The molecule has 6 heteroatoms. The lowest BCUT2D eigenvalue weighted by Crippen LogP contribution is -1.95. The minimum atomic E-state index is -0.436. The maximum absolute atomic E-state index is 10.5. The lowest BCUT2D eigenvalue weighted by molar-refractivity contribution is -0.384. The van der Waals surface area contributed by atoms with Gasteiger partial charge in [-0.2, -0.15) is 0 Å². The fourth-order valence-electron chi connectivity index (χ4n) is 1.56. The molecule has 0 amide bonds. The first-order valence-electron chi connectivity index (χ1n) is 5.19. The van der Waals surface area contributed by atoms with Crippen LogP contribution in [-0.4, -0.2) is 4.92 Å². The Morgan fingerprint density at radius 2 is 1.89 bits per heavy atom. The summed E-state index contributed by atoms with van der Waals surface area (Å²) in [5.74, 6) is 0.583. The summed E-state index contributed by atoms with van der Waals surface area (Å²) in [7, 11) is 0. The van der Waals surface area contributed by atoms with Crippen molar-refractivity contribution >= 4 is 28.9 Å². The summed E-state index contributed by atoms with van der Waals surface area (Å²) in [6, 6.07) is 9.60. The van der Waals surface area contributed by atoms with Crippen molar-refractivity contribution in [1.82, 2.24) is 0 Å². The molecule has 0 radical (unpaired) electrons. The van der Waals surface area contributed by atoms with Crippen molar-refractivity contribution in [3.8, 4) is 0 Å². The number of nitrogens with zero attached hydrogens (tertiary/aromatic N) is 1. The highest BCUT2D eigenvalue weighted by Gasteiger charge is 2.14. The van der Waals surface area contributed by atoms with Gasteiger partial charge in [0.25, 0.3) is 5.69 Å². The van der Waals surface area contributed by atoms with Gasteiger partial charge in [0.2, 0.25) is 0 Å². The molecule has 0 aliphatic carbocycles. The van der Waals surface area contributed by atoms with Gasteiger partial charge in [-0.15, -0.1) is 11.6 Å². The van der Waals surface area contributed by atoms with Crippen LogP contribution in [0.25, 0.3) is 0 Å². The predicted molar refractivity (Wildman–Crippen MR) is 69.1 cm³/mol. The van der Waals surface area contributed by atoms with Crippen molar-refractivity contribution in [3.05, 3.63) is 63.1 Å². The van der Waals surface area contributed by atoms with Crippen LogP contribution in [0.2, 0.25) is 5.22 Å². The lowest BCUT2D eigenvalue weighted by atomic mass is 10.1. The smallest absolute Gasteiger partial charge is 0.269 e. The second-order valence-electron chi connectivity index (χ2n) is 3.74. The standard InChI is InChI=1S/C12H9Cl2NO3/c13-10(11-5-6-12(14)18-11)7-8-1-3-9(4-2-8)15(16)17/h1-6,10H,7H2. The molecule has 94 valence electrons. The molecule has 0 bridgehead atoms. The lowest BCUT2D eigenvalue weighted by Gasteiger charge is -2.06. The maximum atomic E-state index is 10.5. The molecule has 0 spiro atoms. The maximum Gasteiger partial charge on any atom is 0.269 e. The van der Waals surface area contributed by atoms with E-state index in [-0.39, 0.29) is 11.1 Å². The summed E-state index contributed by atoms with van der Waals surface area (Å²) in [6.07, 6.45) is 0.517. The monoisotopic (exact) mass is 285 g/mol. The third kappa shape index (κ3) is 3.03. The third-order valence-electron chi connectivity index (χ3n) is 2.46.